The molecule has 3 N–H and O–H groups in total. The summed E-state index contributed by atoms with van der Waals surface area (Å²) in [7, 11) is 1.53. The third-order valence-electron chi connectivity index (χ3n) is 3.32. The van der Waals surface area contributed by atoms with Crippen molar-refractivity contribution in [2.24, 2.45) is 0 Å². The number of rotatable bonds is 4. The van der Waals surface area contributed by atoms with Crippen LogP contribution in [-0.4, -0.2) is 24.0 Å². The maximum atomic E-state index is 12.2. The van der Waals surface area contributed by atoms with Crippen molar-refractivity contribution in [3.05, 3.63) is 40.9 Å². The molecule has 0 spiro atoms. The molecule has 9 heteroatoms. The Morgan fingerprint density at radius 3 is 2.42 bits per heavy atom. The lowest BCUT2D eigenvalue weighted by atomic mass is 10.2. The Kier molecular flexibility index (Phi) is 5.38. The normalized spacial score (nSPS) is 10.4. The van der Waals surface area contributed by atoms with Crippen LogP contribution in [0.25, 0.3) is 10.2 Å². The zero-order chi connectivity index (χ0) is 18.7. The van der Waals surface area contributed by atoms with E-state index in [9.17, 15) is 9.59 Å². The number of benzene rings is 2. The number of fused-ring (bicyclic) bond motifs is 1. The average molecular weight is 435 g/mol. The molecule has 0 bridgehead atoms. The molecule has 1 heterocycles. The first-order chi connectivity index (χ1) is 12.4. The maximum absolute atomic E-state index is 12.2. The predicted octanol–water partition coefficient (Wildman–Crippen LogP) is 4.67. The van der Waals surface area contributed by atoms with Gasteiger partial charge in [0.1, 0.15) is 11.3 Å². The first-order valence-corrected chi connectivity index (χ1v) is 9.15. The van der Waals surface area contributed by atoms with Crippen LogP contribution in [0.4, 0.5) is 21.3 Å². The molecular weight excluding hydrogens is 420 g/mol. The van der Waals surface area contributed by atoms with Crippen molar-refractivity contribution in [2.45, 2.75) is 6.92 Å². The number of amides is 3. The molecule has 3 rings (SSSR count). The van der Waals surface area contributed by atoms with E-state index >= 15 is 0 Å². The Balaban J connectivity index is 1.81. The second kappa shape index (κ2) is 7.71. The third kappa shape index (κ3) is 4.30. The largest absolute Gasteiger partial charge is 0.494 e. The van der Waals surface area contributed by atoms with Gasteiger partial charge in [0, 0.05) is 28.8 Å². The highest BCUT2D eigenvalue weighted by Gasteiger charge is 2.13. The summed E-state index contributed by atoms with van der Waals surface area (Å²) in [5.41, 5.74) is 1.85. The molecule has 0 unspecified atom stereocenters. The van der Waals surface area contributed by atoms with Crippen molar-refractivity contribution in [1.29, 1.82) is 0 Å². The summed E-state index contributed by atoms with van der Waals surface area (Å²) in [6.07, 6.45) is 0. The van der Waals surface area contributed by atoms with Gasteiger partial charge in [0.15, 0.2) is 5.13 Å². The van der Waals surface area contributed by atoms with Gasteiger partial charge in [-0.25, -0.2) is 9.78 Å². The maximum Gasteiger partial charge on any atom is 0.323 e. The lowest BCUT2D eigenvalue weighted by Gasteiger charge is -2.09. The van der Waals surface area contributed by atoms with E-state index in [4.69, 9.17) is 4.74 Å². The molecular formula is C17H15BrN4O3S. The Morgan fingerprint density at radius 2 is 1.77 bits per heavy atom. The van der Waals surface area contributed by atoms with Crippen LogP contribution < -0.4 is 20.7 Å². The van der Waals surface area contributed by atoms with Crippen molar-refractivity contribution in [3.8, 4) is 5.75 Å². The van der Waals surface area contributed by atoms with Gasteiger partial charge in [-0.05, 0) is 30.3 Å². The number of halogens is 1. The quantitative estimate of drug-likeness (QED) is 0.556. The molecule has 0 saturated heterocycles. The molecule has 0 atom stereocenters. The molecule has 0 aliphatic heterocycles. The number of urea groups is 1. The molecule has 0 aliphatic rings. The number of anilines is 3. The fraction of sp³-hybridized carbons (Fsp3) is 0.118. The van der Waals surface area contributed by atoms with Crippen molar-refractivity contribution in [3.63, 3.8) is 0 Å². The molecule has 26 heavy (non-hydrogen) atoms. The average Bonchev–Trinajstić information content (AvgIpc) is 2.97. The topological polar surface area (TPSA) is 92.4 Å². The zero-order valence-corrected chi connectivity index (χ0v) is 16.3. The van der Waals surface area contributed by atoms with Crippen molar-refractivity contribution >= 4 is 65.9 Å². The minimum absolute atomic E-state index is 0.199. The van der Waals surface area contributed by atoms with Crippen LogP contribution in [0, 0.1) is 0 Å². The fourth-order valence-corrected chi connectivity index (χ4v) is 3.49. The van der Waals surface area contributed by atoms with Gasteiger partial charge >= 0.3 is 6.03 Å². The number of nitrogens with one attached hydrogen (secondary N) is 3. The number of nitrogens with zero attached hydrogens (tertiary/aromatic N) is 1. The number of aromatic nitrogens is 1. The molecule has 0 fully saturated rings. The molecule has 1 aromatic heterocycles. The van der Waals surface area contributed by atoms with Gasteiger partial charge in [0.2, 0.25) is 5.91 Å². The van der Waals surface area contributed by atoms with Crippen LogP contribution in [0.15, 0.2) is 40.9 Å². The Bertz CT molecular complexity index is 972. The summed E-state index contributed by atoms with van der Waals surface area (Å²) in [4.78, 5) is 27.8. The standard InChI is InChI=1S/C17H15BrN4O3S/c1-9(23)19-17-22-15-13(25-2)7-12(8-14(15)26-17)21-16(24)20-11-5-3-10(18)4-6-11/h3-8H,1-2H3,(H,19,22,23)(H2,20,21,24). The van der Waals surface area contributed by atoms with E-state index in [-0.39, 0.29) is 11.9 Å². The third-order valence-corrected chi connectivity index (χ3v) is 4.77. The lowest BCUT2D eigenvalue weighted by molar-refractivity contribution is -0.114. The number of hydrogen-bond donors (Lipinski definition) is 3. The minimum atomic E-state index is -0.375. The molecule has 3 amide bonds. The number of ether oxygens (including phenoxy) is 1. The van der Waals surface area contributed by atoms with Gasteiger partial charge in [-0.15, -0.1) is 0 Å². The summed E-state index contributed by atoms with van der Waals surface area (Å²) in [6, 6.07) is 10.3. The highest BCUT2D eigenvalue weighted by atomic mass is 79.9. The van der Waals surface area contributed by atoms with Gasteiger partial charge in [0.05, 0.1) is 11.8 Å². The van der Waals surface area contributed by atoms with Gasteiger partial charge in [0.25, 0.3) is 0 Å². The number of hydrogen-bond acceptors (Lipinski definition) is 5. The van der Waals surface area contributed by atoms with Gasteiger partial charge < -0.3 is 20.7 Å². The lowest BCUT2D eigenvalue weighted by Crippen LogP contribution is -2.19. The smallest absolute Gasteiger partial charge is 0.323 e. The zero-order valence-electron chi connectivity index (χ0n) is 13.9. The Morgan fingerprint density at radius 1 is 1.08 bits per heavy atom. The summed E-state index contributed by atoms with van der Waals surface area (Å²) in [6.45, 7) is 1.42. The highest BCUT2D eigenvalue weighted by Crippen LogP contribution is 2.35. The molecule has 2 aromatic carbocycles. The predicted molar refractivity (Wildman–Crippen MR) is 107 cm³/mol. The first-order valence-electron chi connectivity index (χ1n) is 7.54. The van der Waals surface area contributed by atoms with Crippen LogP contribution in [-0.2, 0) is 4.79 Å². The van der Waals surface area contributed by atoms with Crippen molar-refractivity contribution < 1.29 is 14.3 Å². The van der Waals surface area contributed by atoms with Crippen molar-refractivity contribution in [2.75, 3.05) is 23.1 Å². The summed E-state index contributed by atoms with van der Waals surface area (Å²) >= 11 is 4.65. The van der Waals surface area contributed by atoms with Crippen LogP contribution in [0.1, 0.15) is 6.92 Å². The summed E-state index contributed by atoms with van der Waals surface area (Å²) in [5.74, 6) is 0.310. The molecule has 7 nitrogen and oxygen atoms in total. The fourth-order valence-electron chi connectivity index (χ4n) is 2.26. The monoisotopic (exact) mass is 434 g/mol. The number of carbonyl (C=O) groups excluding carboxylic acids is 2. The van der Waals surface area contributed by atoms with Crippen LogP contribution in [0.5, 0.6) is 5.75 Å². The molecule has 134 valence electrons. The number of carbonyl (C=O) groups is 2. The second-order valence-electron chi connectivity index (χ2n) is 5.31. The van der Waals surface area contributed by atoms with E-state index in [1.54, 1.807) is 24.3 Å². The van der Waals surface area contributed by atoms with E-state index < -0.39 is 0 Å². The van der Waals surface area contributed by atoms with Gasteiger partial charge in [-0.3, -0.25) is 4.79 Å². The minimum Gasteiger partial charge on any atom is -0.494 e. The van der Waals surface area contributed by atoms with E-state index in [2.05, 4.69) is 36.9 Å². The summed E-state index contributed by atoms with van der Waals surface area (Å²) < 4.78 is 7.07. The van der Waals surface area contributed by atoms with Crippen molar-refractivity contribution in [1.82, 2.24) is 4.98 Å². The second-order valence-corrected chi connectivity index (χ2v) is 7.26. The van der Waals surface area contributed by atoms with E-state index in [0.717, 1.165) is 9.17 Å². The van der Waals surface area contributed by atoms with E-state index in [1.807, 2.05) is 12.1 Å². The highest BCUT2D eigenvalue weighted by molar-refractivity contribution is 9.10. The Labute approximate surface area is 161 Å². The van der Waals surface area contributed by atoms with Crippen LogP contribution >= 0.6 is 27.3 Å². The molecule has 0 radical (unpaired) electrons. The molecule has 3 aromatic rings. The van der Waals surface area contributed by atoms with Gasteiger partial charge in [-0.2, -0.15) is 0 Å². The Hall–Kier alpha value is -2.65. The molecule has 0 saturated carbocycles. The molecule has 0 aliphatic carbocycles. The van der Waals surface area contributed by atoms with Gasteiger partial charge in [-0.1, -0.05) is 27.3 Å². The van der Waals surface area contributed by atoms with E-state index in [0.29, 0.717) is 27.8 Å². The SMILES string of the molecule is COc1cc(NC(=O)Nc2ccc(Br)cc2)cc2sc(NC(C)=O)nc12. The summed E-state index contributed by atoms with van der Waals surface area (Å²) in [5, 5.41) is 8.65. The number of thiazole rings is 1. The number of methoxy groups -OCH3 is 1. The van der Waals surface area contributed by atoms with Crippen LogP contribution in [0.3, 0.4) is 0 Å². The first kappa shape index (κ1) is 18.2. The van der Waals surface area contributed by atoms with E-state index in [1.165, 1.54) is 25.4 Å². The van der Waals surface area contributed by atoms with Crippen LogP contribution in [0.2, 0.25) is 0 Å².